The predicted octanol–water partition coefficient (Wildman–Crippen LogP) is 3.12. The zero-order valence-electron chi connectivity index (χ0n) is 11.5. The van der Waals surface area contributed by atoms with Crippen LogP contribution in [0.15, 0.2) is 35.1 Å². The molecule has 0 bridgehead atoms. The first-order valence-electron chi connectivity index (χ1n) is 6.46. The third-order valence-corrected chi connectivity index (χ3v) is 3.49. The van der Waals surface area contributed by atoms with Gasteiger partial charge in [-0.05, 0) is 18.2 Å². The first-order valence-corrected chi connectivity index (χ1v) is 7.25. The molecule has 0 amide bonds. The summed E-state index contributed by atoms with van der Waals surface area (Å²) >= 11 is 3.33. The molecule has 1 aromatic heterocycles. The molecule has 7 heteroatoms. The summed E-state index contributed by atoms with van der Waals surface area (Å²) < 4.78 is 32.0. The van der Waals surface area contributed by atoms with Crippen LogP contribution < -0.4 is 10.1 Å². The van der Waals surface area contributed by atoms with E-state index in [1.165, 1.54) is 6.07 Å². The molecule has 0 saturated carbocycles. The predicted molar refractivity (Wildman–Crippen MR) is 79.4 cm³/mol. The number of aromatic nitrogens is 2. The Morgan fingerprint density at radius 2 is 2.24 bits per heavy atom. The van der Waals surface area contributed by atoms with Gasteiger partial charge in [0.2, 0.25) is 0 Å². The van der Waals surface area contributed by atoms with Crippen LogP contribution in [-0.4, -0.2) is 22.7 Å². The van der Waals surface area contributed by atoms with E-state index in [2.05, 4.69) is 31.0 Å². The van der Waals surface area contributed by atoms with Crippen molar-refractivity contribution in [2.45, 2.75) is 19.6 Å². The van der Waals surface area contributed by atoms with Crippen molar-refractivity contribution in [2.24, 2.45) is 7.05 Å². The molecular weight excluding hydrogens is 344 g/mol. The Morgan fingerprint density at radius 1 is 1.43 bits per heavy atom. The molecule has 0 aliphatic rings. The van der Waals surface area contributed by atoms with E-state index in [1.54, 1.807) is 18.3 Å². The maximum Gasteiger partial charge on any atom is 0.387 e. The van der Waals surface area contributed by atoms with Crippen LogP contribution >= 0.6 is 15.9 Å². The summed E-state index contributed by atoms with van der Waals surface area (Å²) in [5, 5.41) is 3.21. The van der Waals surface area contributed by atoms with E-state index in [-0.39, 0.29) is 5.75 Å². The quantitative estimate of drug-likeness (QED) is 0.772. The molecule has 0 fully saturated rings. The van der Waals surface area contributed by atoms with Crippen molar-refractivity contribution in [2.75, 3.05) is 6.54 Å². The van der Waals surface area contributed by atoms with Gasteiger partial charge < -0.3 is 14.6 Å². The molecule has 0 aliphatic heterocycles. The Morgan fingerprint density at radius 3 is 2.90 bits per heavy atom. The summed E-state index contributed by atoms with van der Waals surface area (Å²) in [6.45, 7) is -1.67. The zero-order valence-corrected chi connectivity index (χ0v) is 13.1. The van der Waals surface area contributed by atoms with E-state index in [1.807, 2.05) is 17.8 Å². The molecule has 0 aliphatic carbocycles. The number of benzene rings is 1. The van der Waals surface area contributed by atoms with Gasteiger partial charge in [-0.3, -0.25) is 0 Å². The van der Waals surface area contributed by atoms with Crippen LogP contribution in [-0.2, 0) is 20.0 Å². The second kappa shape index (κ2) is 7.51. The lowest BCUT2D eigenvalue weighted by Gasteiger charge is -2.12. The van der Waals surface area contributed by atoms with Gasteiger partial charge in [-0.2, -0.15) is 8.78 Å². The lowest BCUT2D eigenvalue weighted by molar-refractivity contribution is -0.0505. The Kier molecular flexibility index (Phi) is 5.69. The van der Waals surface area contributed by atoms with Crippen LogP contribution in [0.5, 0.6) is 5.75 Å². The number of rotatable bonds is 7. The lowest BCUT2D eigenvalue weighted by atomic mass is 10.2. The molecule has 0 unspecified atom stereocenters. The van der Waals surface area contributed by atoms with Crippen molar-refractivity contribution >= 4 is 15.9 Å². The molecule has 21 heavy (non-hydrogen) atoms. The van der Waals surface area contributed by atoms with Crippen LogP contribution in [0.3, 0.4) is 0 Å². The standard InChI is InChI=1S/C14H16BrF2N3O/c1-20-7-6-19-13(20)4-5-18-9-10-8-11(15)2-3-12(10)21-14(16)17/h2-3,6-8,14,18H,4-5,9H2,1H3. The number of nitrogens with one attached hydrogen (secondary N) is 1. The highest BCUT2D eigenvalue weighted by atomic mass is 79.9. The van der Waals surface area contributed by atoms with Gasteiger partial charge >= 0.3 is 6.61 Å². The minimum absolute atomic E-state index is 0.192. The molecule has 1 heterocycles. The molecule has 0 atom stereocenters. The smallest absolute Gasteiger partial charge is 0.387 e. The zero-order chi connectivity index (χ0) is 15.2. The molecule has 0 spiro atoms. The van der Waals surface area contributed by atoms with Crippen molar-refractivity contribution < 1.29 is 13.5 Å². The second-order valence-electron chi connectivity index (χ2n) is 4.51. The summed E-state index contributed by atoms with van der Waals surface area (Å²) in [6, 6.07) is 4.98. The van der Waals surface area contributed by atoms with E-state index in [4.69, 9.17) is 0 Å². The summed E-state index contributed by atoms with van der Waals surface area (Å²) in [5.41, 5.74) is 0.685. The molecule has 1 N–H and O–H groups in total. The number of halogens is 3. The summed E-state index contributed by atoms with van der Waals surface area (Å²) in [4.78, 5) is 4.22. The third-order valence-electron chi connectivity index (χ3n) is 3.00. The summed E-state index contributed by atoms with van der Waals surface area (Å²) in [7, 11) is 1.94. The highest BCUT2D eigenvalue weighted by Gasteiger charge is 2.10. The van der Waals surface area contributed by atoms with Gasteiger partial charge in [0.25, 0.3) is 0 Å². The van der Waals surface area contributed by atoms with Gasteiger partial charge in [0, 0.05) is 49.0 Å². The highest BCUT2D eigenvalue weighted by molar-refractivity contribution is 9.10. The molecular formula is C14H16BrF2N3O. The first kappa shape index (κ1) is 15.9. The Balaban J connectivity index is 1.90. The Hall–Kier alpha value is -1.47. The SMILES string of the molecule is Cn1ccnc1CCNCc1cc(Br)ccc1OC(F)F. The number of alkyl halides is 2. The van der Waals surface area contributed by atoms with E-state index in [0.717, 1.165) is 16.7 Å². The molecule has 114 valence electrons. The molecule has 0 saturated heterocycles. The molecule has 0 radical (unpaired) electrons. The molecule has 2 aromatic rings. The number of ether oxygens (including phenoxy) is 1. The van der Waals surface area contributed by atoms with E-state index < -0.39 is 6.61 Å². The average molecular weight is 360 g/mol. The topological polar surface area (TPSA) is 39.1 Å². The fourth-order valence-corrected chi connectivity index (χ4v) is 2.37. The lowest BCUT2D eigenvalue weighted by Crippen LogP contribution is -2.19. The largest absolute Gasteiger partial charge is 0.434 e. The van der Waals surface area contributed by atoms with Crippen molar-refractivity contribution in [3.05, 3.63) is 46.5 Å². The monoisotopic (exact) mass is 359 g/mol. The fraction of sp³-hybridized carbons (Fsp3) is 0.357. The van der Waals surface area contributed by atoms with Crippen molar-refractivity contribution in [1.29, 1.82) is 0 Å². The Bertz CT molecular complexity index is 589. The highest BCUT2D eigenvalue weighted by Crippen LogP contribution is 2.24. The number of hydrogen-bond donors (Lipinski definition) is 1. The second-order valence-corrected chi connectivity index (χ2v) is 5.43. The number of nitrogens with zero attached hydrogens (tertiary/aromatic N) is 2. The fourth-order valence-electron chi connectivity index (χ4n) is 1.96. The normalized spacial score (nSPS) is 11.1. The number of imidazole rings is 1. The summed E-state index contributed by atoms with van der Waals surface area (Å²) in [5.74, 6) is 1.17. The van der Waals surface area contributed by atoms with Gasteiger partial charge in [-0.15, -0.1) is 0 Å². The van der Waals surface area contributed by atoms with Gasteiger partial charge in [0.15, 0.2) is 0 Å². The van der Waals surface area contributed by atoms with E-state index in [0.29, 0.717) is 18.7 Å². The molecule has 1 aromatic carbocycles. The number of aryl methyl sites for hydroxylation is 1. The van der Waals surface area contributed by atoms with E-state index in [9.17, 15) is 8.78 Å². The number of hydrogen-bond acceptors (Lipinski definition) is 3. The maximum absolute atomic E-state index is 12.4. The minimum Gasteiger partial charge on any atom is -0.434 e. The van der Waals surface area contributed by atoms with E-state index >= 15 is 0 Å². The van der Waals surface area contributed by atoms with Gasteiger partial charge in [0.05, 0.1) is 0 Å². The van der Waals surface area contributed by atoms with Gasteiger partial charge in [-0.1, -0.05) is 15.9 Å². The average Bonchev–Trinajstić information content (AvgIpc) is 2.83. The van der Waals surface area contributed by atoms with Crippen LogP contribution in [0, 0.1) is 0 Å². The van der Waals surface area contributed by atoms with Crippen molar-refractivity contribution in [3.8, 4) is 5.75 Å². The maximum atomic E-state index is 12.4. The first-order chi connectivity index (χ1) is 10.1. The van der Waals surface area contributed by atoms with Crippen molar-refractivity contribution in [3.63, 3.8) is 0 Å². The van der Waals surface area contributed by atoms with Crippen LogP contribution in [0.1, 0.15) is 11.4 Å². The van der Waals surface area contributed by atoms with Crippen LogP contribution in [0.2, 0.25) is 0 Å². The summed E-state index contributed by atoms with van der Waals surface area (Å²) in [6.07, 6.45) is 4.40. The van der Waals surface area contributed by atoms with Gasteiger partial charge in [-0.25, -0.2) is 4.98 Å². The minimum atomic E-state index is -2.82. The molecule has 2 rings (SSSR count). The third kappa shape index (κ3) is 4.78. The molecule has 4 nitrogen and oxygen atoms in total. The van der Waals surface area contributed by atoms with Crippen LogP contribution in [0.25, 0.3) is 0 Å². The van der Waals surface area contributed by atoms with Gasteiger partial charge in [0.1, 0.15) is 11.6 Å². The van der Waals surface area contributed by atoms with Crippen LogP contribution in [0.4, 0.5) is 8.78 Å². The Labute approximate surface area is 130 Å². The van der Waals surface area contributed by atoms with Crippen molar-refractivity contribution in [1.82, 2.24) is 14.9 Å².